The van der Waals surface area contributed by atoms with Crippen LogP contribution in [0.1, 0.15) is 33.8 Å². The van der Waals surface area contributed by atoms with Crippen molar-refractivity contribution < 1.29 is 33.3 Å². The summed E-state index contributed by atoms with van der Waals surface area (Å²) in [6.07, 6.45) is -11.1. The molecular weight excluding hydrogens is 545 g/mol. The van der Waals surface area contributed by atoms with Crippen molar-refractivity contribution in [3.05, 3.63) is 76.3 Å². The van der Waals surface area contributed by atoms with Gasteiger partial charge in [-0.2, -0.15) is 18.3 Å². The molecule has 12 nitrogen and oxygen atoms in total. The van der Waals surface area contributed by atoms with Crippen molar-refractivity contribution in [2.45, 2.75) is 31.4 Å². The van der Waals surface area contributed by atoms with Crippen molar-refractivity contribution in [1.29, 1.82) is 0 Å². The summed E-state index contributed by atoms with van der Waals surface area (Å²) in [5, 5.41) is 43.2. The van der Waals surface area contributed by atoms with Gasteiger partial charge >= 0.3 is 6.18 Å². The molecule has 0 spiro atoms. The molecule has 6 N–H and O–H groups in total. The number of hydrogen-bond donors (Lipinski definition) is 5. The first kappa shape index (κ1) is 28.3. The number of nitrogens with zero attached hydrogens (tertiary/aromatic N) is 6. The third kappa shape index (κ3) is 5.97. The van der Waals surface area contributed by atoms with E-state index in [4.69, 9.17) is 17.3 Å². The van der Waals surface area contributed by atoms with Crippen LogP contribution in [0, 0.1) is 0 Å². The number of benzene rings is 2. The number of β-amino-alcohol motifs (C(OH)–C–C–N with tert-alkyl or cyclic N) is 1. The summed E-state index contributed by atoms with van der Waals surface area (Å²) in [6, 6.07) is 12.3. The van der Waals surface area contributed by atoms with Crippen LogP contribution in [-0.4, -0.2) is 84.0 Å². The van der Waals surface area contributed by atoms with Gasteiger partial charge in [0.2, 0.25) is 6.35 Å². The normalized spacial score (nSPS) is 17.3. The van der Waals surface area contributed by atoms with E-state index in [2.05, 4.69) is 20.5 Å². The highest BCUT2D eigenvalue weighted by molar-refractivity contribution is 6.30. The first-order chi connectivity index (χ1) is 18.4. The molecule has 2 unspecified atom stereocenters. The molecule has 0 aliphatic carbocycles. The van der Waals surface area contributed by atoms with E-state index in [1.165, 1.54) is 37.4 Å². The van der Waals surface area contributed by atoms with Crippen LogP contribution in [-0.2, 0) is 6.54 Å². The smallest absolute Gasteiger partial charge is 0.382 e. The number of amidine groups is 1. The fraction of sp³-hybridized carbons (Fsp3) is 0.304. The number of nitrogens with two attached hydrogens (primary N) is 1. The second kappa shape index (κ2) is 11.2. The number of aliphatic hydroxyl groups is 3. The van der Waals surface area contributed by atoms with E-state index in [0.29, 0.717) is 10.6 Å². The molecule has 4 rings (SSSR count). The average Bonchev–Trinajstić information content (AvgIpc) is 3.45. The predicted molar refractivity (Wildman–Crippen MR) is 132 cm³/mol. The number of para-hydroxylation sites is 1. The van der Waals surface area contributed by atoms with Crippen LogP contribution in [0.2, 0.25) is 5.02 Å². The lowest BCUT2D eigenvalue weighted by Crippen LogP contribution is -2.49. The summed E-state index contributed by atoms with van der Waals surface area (Å²) in [5.74, 6) is -0.670. The Kier molecular flexibility index (Phi) is 8.08. The standard InChI is InChI=1S/C23H24ClF3N8O4/c1-29-21(38)14-4-2-3-5-15(14)35-20(18(28)37)30-17(31-35)11-34-22(39)33(10-16(36)23(25,26)27)19(32-34)12-6-8-13(24)9-7-12/h2-9,16,18,22,36-37,39H,10-11,28H2,1H3,(H,29,38)/t16-,18?,22?/m0/s1. The van der Waals surface area contributed by atoms with Gasteiger partial charge in [-0.15, -0.1) is 5.10 Å². The Labute approximate surface area is 224 Å². The van der Waals surface area contributed by atoms with Crippen LogP contribution in [0.3, 0.4) is 0 Å². The van der Waals surface area contributed by atoms with Gasteiger partial charge in [-0.05, 0) is 36.4 Å². The molecule has 3 atom stereocenters. The summed E-state index contributed by atoms with van der Waals surface area (Å²) >= 11 is 5.92. The number of hydrogen-bond acceptors (Lipinski definition) is 10. The molecule has 39 heavy (non-hydrogen) atoms. The van der Waals surface area contributed by atoms with Crippen molar-refractivity contribution >= 4 is 23.3 Å². The van der Waals surface area contributed by atoms with E-state index in [-0.39, 0.29) is 35.3 Å². The van der Waals surface area contributed by atoms with Crippen LogP contribution in [0.25, 0.3) is 5.69 Å². The Morgan fingerprint density at radius 2 is 1.85 bits per heavy atom. The van der Waals surface area contributed by atoms with Crippen molar-refractivity contribution in [3.63, 3.8) is 0 Å². The largest absolute Gasteiger partial charge is 0.416 e. The highest BCUT2D eigenvalue weighted by Crippen LogP contribution is 2.27. The number of carbonyl (C=O) groups is 1. The number of aromatic nitrogens is 3. The van der Waals surface area contributed by atoms with E-state index >= 15 is 0 Å². The molecule has 0 radical (unpaired) electrons. The monoisotopic (exact) mass is 568 g/mol. The molecule has 1 aliphatic heterocycles. The molecule has 1 aliphatic rings. The minimum Gasteiger partial charge on any atom is -0.382 e. The van der Waals surface area contributed by atoms with Crippen LogP contribution >= 0.6 is 11.6 Å². The summed E-state index contributed by atoms with van der Waals surface area (Å²) in [4.78, 5) is 17.4. The quantitative estimate of drug-likeness (QED) is 0.248. The van der Waals surface area contributed by atoms with Crippen LogP contribution < -0.4 is 11.1 Å². The minimum absolute atomic E-state index is 0.0299. The van der Waals surface area contributed by atoms with E-state index in [1.807, 2.05) is 0 Å². The van der Waals surface area contributed by atoms with Crippen molar-refractivity contribution in [2.24, 2.45) is 10.8 Å². The number of amides is 1. The Balaban J connectivity index is 1.70. The second-order valence-corrected chi connectivity index (χ2v) is 8.86. The van der Waals surface area contributed by atoms with Crippen molar-refractivity contribution in [3.8, 4) is 5.69 Å². The van der Waals surface area contributed by atoms with E-state index < -0.39 is 37.3 Å². The lowest BCUT2D eigenvalue weighted by Gasteiger charge is -2.29. The van der Waals surface area contributed by atoms with Gasteiger partial charge in [-0.1, -0.05) is 23.7 Å². The maximum atomic E-state index is 13.1. The van der Waals surface area contributed by atoms with Crippen molar-refractivity contribution in [1.82, 2.24) is 30.0 Å². The summed E-state index contributed by atoms with van der Waals surface area (Å²) < 4.78 is 40.6. The topological polar surface area (TPSA) is 165 Å². The summed E-state index contributed by atoms with van der Waals surface area (Å²) in [5.41, 5.74) is 6.45. The van der Waals surface area contributed by atoms with Gasteiger partial charge < -0.3 is 25.5 Å². The van der Waals surface area contributed by atoms with E-state index in [0.717, 1.165) is 14.6 Å². The van der Waals surface area contributed by atoms with E-state index in [1.54, 1.807) is 18.2 Å². The van der Waals surface area contributed by atoms with Gasteiger partial charge in [0.15, 0.2) is 29.8 Å². The van der Waals surface area contributed by atoms with Gasteiger partial charge in [0, 0.05) is 17.6 Å². The highest BCUT2D eigenvalue weighted by Gasteiger charge is 2.43. The Hall–Kier alpha value is -3.76. The van der Waals surface area contributed by atoms with Gasteiger partial charge in [0.1, 0.15) is 6.54 Å². The first-order valence-corrected chi connectivity index (χ1v) is 11.8. The number of nitrogens with one attached hydrogen (secondary N) is 1. The zero-order valence-corrected chi connectivity index (χ0v) is 21.0. The second-order valence-electron chi connectivity index (χ2n) is 8.42. The Bertz CT molecular complexity index is 1370. The fourth-order valence-electron chi connectivity index (χ4n) is 3.85. The maximum absolute atomic E-state index is 13.1. The number of halogens is 4. The molecule has 16 heteroatoms. The number of alkyl halides is 3. The fourth-order valence-corrected chi connectivity index (χ4v) is 3.97. The zero-order valence-electron chi connectivity index (χ0n) is 20.3. The van der Waals surface area contributed by atoms with Gasteiger partial charge in [0.05, 0.1) is 17.8 Å². The molecule has 208 valence electrons. The molecule has 0 bridgehead atoms. The van der Waals surface area contributed by atoms with Crippen LogP contribution in [0.4, 0.5) is 13.2 Å². The maximum Gasteiger partial charge on any atom is 0.416 e. The molecule has 2 aromatic carbocycles. The van der Waals surface area contributed by atoms with Crippen LogP contribution in [0.5, 0.6) is 0 Å². The molecule has 1 amide bonds. The average molecular weight is 569 g/mol. The number of aliphatic hydroxyl groups excluding tert-OH is 3. The third-order valence-electron chi connectivity index (χ3n) is 5.74. The Morgan fingerprint density at radius 1 is 1.18 bits per heavy atom. The molecule has 3 aromatic rings. The molecular formula is C23H24ClF3N8O4. The molecule has 0 saturated heterocycles. The van der Waals surface area contributed by atoms with Gasteiger partial charge in [0.25, 0.3) is 5.91 Å². The molecule has 0 fully saturated rings. The SMILES string of the molecule is CNC(=O)c1ccccc1-n1nc(CN2N=C(c3ccc(Cl)cc3)N(C[C@H](O)C(F)(F)F)C2O)nc1C(N)O. The van der Waals surface area contributed by atoms with Gasteiger partial charge in [-0.25, -0.2) is 14.7 Å². The number of carbonyl (C=O) groups excluding carboxylic acids is 1. The lowest BCUT2D eigenvalue weighted by atomic mass is 10.1. The third-order valence-corrected chi connectivity index (χ3v) is 5.99. The summed E-state index contributed by atoms with van der Waals surface area (Å²) in [7, 11) is 1.44. The minimum atomic E-state index is -4.94. The first-order valence-electron chi connectivity index (χ1n) is 11.4. The lowest BCUT2D eigenvalue weighted by molar-refractivity contribution is -0.212. The van der Waals surface area contributed by atoms with Crippen LogP contribution in [0.15, 0.2) is 53.6 Å². The number of hydrazone groups is 1. The molecule has 2 heterocycles. The predicted octanol–water partition coefficient (Wildman–Crippen LogP) is 0.908. The summed E-state index contributed by atoms with van der Waals surface area (Å²) in [6.45, 7) is -1.36. The van der Waals surface area contributed by atoms with E-state index in [9.17, 15) is 33.3 Å². The van der Waals surface area contributed by atoms with Crippen molar-refractivity contribution in [2.75, 3.05) is 13.6 Å². The highest BCUT2D eigenvalue weighted by atomic mass is 35.5. The number of rotatable bonds is 8. The molecule has 1 aromatic heterocycles. The molecule has 0 saturated carbocycles. The van der Waals surface area contributed by atoms with Gasteiger partial charge in [-0.3, -0.25) is 10.5 Å². The Morgan fingerprint density at radius 3 is 2.46 bits per heavy atom. The zero-order chi connectivity index (χ0) is 28.5.